The summed E-state index contributed by atoms with van der Waals surface area (Å²) in [7, 11) is 0. The summed E-state index contributed by atoms with van der Waals surface area (Å²) in [5.41, 5.74) is 0.395. The molecule has 0 heterocycles. The highest BCUT2D eigenvalue weighted by Crippen LogP contribution is 2.31. The molecule has 0 amide bonds. The van der Waals surface area contributed by atoms with E-state index in [0.717, 1.165) is 0 Å². The van der Waals surface area contributed by atoms with Gasteiger partial charge in [-0.05, 0) is 17.8 Å². The predicted octanol–water partition coefficient (Wildman–Crippen LogP) is 5.20. The van der Waals surface area contributed by atoms with Crippen molar-refractivity contribution in [3.63, 3.8) is 0 Å². The molecule has 0 aromatic carbocycles. The van der Waals surface area contributed by atoms with Gasteiger partial charge in [-0.15, -0.1) is 6.58 Å². The van der Waals surface area contributed by atoms with E-state index in [1.165, 1.54) is 38.5 Å². The van der Waals surface area contributed by atoms with Crippen LogP contribution in [0, 0.1) is 11.3 Å². The van der Waals surface area contributed by atoms with Crippen LogP contribution < -0.4 is 0 Å². The van der Waals surface area contributed by atoms with E-state index in [-0.39, 0.29) is 0 Å². The van der Waals surface area contributed by atoms with Crippen molar-refractivity contribution in [2.75, 3.05) is 0 Å². The van der Waals surface area contributed by atoms with Crippen LogP contribution >= 0.6 is 0 Å². The summed E-state index contributed by atoms with van der Waals surface area (Å²) in [6.07, 6.45) is 10.4. The second kappa shape index (κ2) is 7.09. The molecule has 0 fully saturated rings. The summed E-state index contributed by atoms with van der Waals surface area (Å²) >= 11 is 0. The monoisotopic (exact) mass is 196 g/mol. The largest absolute Gasteiger partial charge is 0.103 e. The molecule has 0 rings (SSSR count). The Hall–Kier alpha value is -0.260. The van der Waals surface area contributed by atoms with Gasteiger partial charge in [-0.3, -0.25) is 0 Å². The molecule has 1 atom stereocenters. The fourth-order valence-corrected chi connectivity index (χ4v) is 1.87. The Morgan fingerprint density at radius 1 is 1.07 bits per heavy atom. The van der Waals surface area contributed by atoms with Crippen molar-refractivity contribution >= 4 is 0 Å². The van der Waals surface area contributed by atoms with Crippen LogP contribution in [-0.2, 0) is 0 Å². The molecule has 0 aliphatic heterocycles. The Labute approximate surface area is 90.8 Å². The topological polar surface area (TPSA) is 0 Å². The van der Waals surface area contributed by atoms with Crippen molar-refractivity contribution in [3.05, 3.63) is 12.7 Å². The molecule has 0 radical (unpaired) electrons. The first-order valence-electron chi connectivity index (χ1n) is 6.15. The Morgan fingerprint density at radius 3 is 2.07 bits per heavy atom. The predicted molar refractivity (Wildman–Crippen MR) is 66.5 cm³/mol. The van der Waals surface area contributed by atoms with Gasteiger partial charge in [-0.2, -0.15) is 0 Å². The highest BCUT2D eigenvalue weighted by molar-refractivity contribution is 4.87. The van der Waals surface area contributed by atoms with Gasteiger partial charge in [-0.1, -0.05) is 65.9 Å². The van der Waals surface area contributed by atoms with E-state index in [1.807, 2.05) is 0 Å². The third-order valence-electron chi connectivity index (χ3n) is 3.02. The minimum Gasteiger partial charge on any atom is -0.103 e. The summed E-state index contributed by atoms with van der Waals surface area (Å²) in [5.74, 6) is 0.684. The van der Waals surface area contributed by atoms with Crippen molar-refractivity contribution in [2.24, 2.45) is 11.3 Å². The second-order valence-electron chi connectivity index (χ2n) is 5.41. The lowest BCUT2D eigenvalue weighted by Crippen LogP contribution is -2.17. The van der Waals surface area contributed by atoms with Crippen molar-refractivity contribution in [1.82, 2.24) is 0 Å². The zero-order valence-electron chi connectivity index (χ0n) is 10.6. The van der Waals surface area contributed by atoms with Crippen molar-refractivity contribution in [1.29, 1.82) is 0 Å². The standard InChI is InChI=1S/C14H28/c1-6-8-9-10-11-12-13(7-2)14(3,4)5/h7,13H,2,6,8-12H2,1,3-5H3. The Balaban J connectivity index is 3.59. The van der Waals surface area contributed by atoms with E-state index < -0.39 is 0 Å². The van der Waals surface area contributed by atoms with Gasteiger partial charge in [0.05, 0.1) is 0 Å². The minimum atomic E-state index is 0.395. The van der Waals surface area contributed by atoms with Gasteiger partial charge in [0.15, 0.2) is 0 Å². The highest BCUT2D eigenvalue weighted by Gasteiger charge is 2.20. The minimum absolute atomic E-state index is 0.395. The van der Waals surface area contributed by atoms with E-state index in [1.54, 1.807) is 0 Å². The molecule has 0 nitrogen and oxygen atoms in total. The molecule has 0 saturated carbocycles. The first-order chi connectivity index (χ1) is 6.52. The maximum atomic E-state index is 3.94. The molecule has 0 aromatic heterocycles. The number of allylic oxidation sites excluding steroid dienone is 1. The van der Waals surface area contributed by atoms with Gasteiger partial charge in [-0.25, -0.2) is 0 Å². The zero-order chi connectivity index (χ0) is 11.0. The van der Waals surface area contributed by atoms with Gasteiger partial charge in [0, 0.05) is 0 Å². The lowest BCUT2D eigenvalue weighted by Gasteiger charge is -2.27. The number of unbranched alkanes of at least 4 members (excludes halogenated alkanes) is 4. The van der Waals surface area contributed by atoms with Crippen LogP contribution in [0.25, 0.3) is 0 Å². The lowest BCUT2D eigenvalue weighted by molar-refractivity contribution is 0.271. The molecule has 14 heavy (non-hydrogen) atoms. The Morgan fingerprint density at radius 2 is 1.64 bits per heavy atom. The van der Waals surface area contributed by atoms with Crippen LogP contribution in [0.4, 0.5) is 0 Å². The molecular formula is C14H28. The van der Waals surface area contributed by atoms with Crippen molar-refractivity contribution < 1.29 is 0 Å². The van der Waals surface area contributed by atoms with Crippen LogP contribution in [0.3, 0.4) is 0 Å². The van der Waals surface area contributed by atoms with Crippen LogP contribution in [0.5, 0.6) is 0 Å². The zero-order valence-corrected chi connectivity index (χ0v) is 10.6. The lowest BCUT2D eigenvalue weighted by atomic mass is 9.78. The smallest absolute Gasteiger partial charge is 0.0187 e. The second-order valence-corrected chi connectivity index (χ2v) is 5.41. The van der Waals surface area contributed by atoms with Crippen molar-refractivity contribution in [3.8, 4) is 0 Å². The van der Waals surface area contributed by atoms with Crippen LogP contribution in [0.1, 0.15) is 66.2 Å². The summed E-state index contributed by atoms with van der Waals surface area (Å²) in [4.78, 5) is 0. The van der Waals surface area contributed by atoms with Gasteiger partial charge in [0.25, 0.3) is 0 Å². The Bertz CT molecular complexity index is 139. The van der Waals surface area contributed by atoms with E-state index in [2.05, 4.69) is 40.3 Å². The first-order valence-corrected chi connectivity index (χ1v) is 6.15. The Kier molecular flexibility index (Phi) is 6.96. The number of rotatable bonds is 7. The third-order valence-corrected chi connectivity index (χ3v) is 3.02. The van der Waals surface area contributed by atoms with Crippen molar-refractivity contribution in [2.45, 2.75) is 66.2 Å². The average molecular weight is 196 g/mol. The summed E-state index contributed by atoms with van der Waals surface area (Å²) in [5, 5.41) is 0. The number of hydrogen-bond donors (Lipinski definition) is 0. The highest BCUT2D eigenvalue weighted by atomic mass is 14.3. The SMILES string of the molecule is C=CC(CCCCCCC)C(C)(C)C. The summed E-state index contributed by atoms with van der Waals surface area (Å²) in [6.45, 7) is 13.1. The molecule has 1 unspecified atom stereocenters. The molecule has 0 bridgehead atoms. The molecule has 84 valence electrons. The molecule has 0 aliphatic rings. The van der Waals surface area contributed by atoms with Crippen LogP contribution in [0.15, 0.2) is 12.7 Å². The van der Waals surface area contributed by atoms with E-state index >= 15 is 0 Å². The number of hydrogen-bond acceptors (Lipinski definition) is 0. The maximum absolute atomic E-state index is 3.94. The molecule has 0 saturated heterocycles. The van der Waals surface area contributed by atoms with Gasteiger partial charge in [0.1, 0.15) is 0 Å². The molecule has 0 N–H and O–H groups in total. The third kappa shape index (κ3) is 6.23. The van der Waals surface area contributed by atoms with E-state index in [9.17, 15) is 0 Å². The van der Waals surface area contributed by atoms with Gasteiger partial charge in [0.2, 0.25) is 0 Å². The average Bonchev–Trinajstić information content (AvgIpc) is 2.09. The first kappa shape index (κ1) is 13.7. The molecule has 0 aliphatic carbocycles. The summed E-state index contributed by atoms with van der Waals surface area (Å²) in [6, 6.07) is 0. The fourth-order valence-electron chi connectivity index (χ4n) is 1.87. The fraction of sp³-hybridized carbons (Fsp3) is 0.857. The normalized spacial score (nSPS) is 14.0. The van der Waals surface area contributed by atoms with Gasteiger partial charge < -0.3 is 0 Å². The maximum Gasteiger partial charge on any atom is -0.0187 e. The molecule has 0 spiro atoms. The summed E-state index contributed by atoms with van der Waals surface area (Å²) < 4.78 is 0. The van der Waals surface area contributed by atoms with E-state index in [0.29, 0.717) is 11.3 Å². The molecule has 0 heteroatoms. The molecular weight excluding hydrogens is 168 g/mol. The van der Waals surface area contributed by atoms with E-state index in [4.69, 9.17) is 0 Å². The molecule has 0 aromatic rings. The van der Waals surface area contributed by atoms with Crippen LogP contribution in [0.2, 0.25) is 0 Å². The quantitative estimate of drug-likeness (QED) is 0.388. The van der Waals surface area contributed by atoms with Gasteiger partial charge >= 0.3 is 0 Å². The van der Waals surface area contributed by atoms with Crippen LogP contribution in [-0.4, -0.2) is 0 Å².